The Kier molecular flexibility index (Phi) is 9.41. The van der Waals surface area contributed by atoms with Crippen LogP contribution in [0.5, 0.6) is 5.75 Å². The van der Waals surface area contributed by atoms with Gasteiger partial charge in [0.2, 0.25) is 0 Å². The number of ether oxygens (including phenoxy) is 2. The molecule has 9 heteroatoms. The van der Waals surface area contributed by atoms with Crippen molar-refractivity contribution >= 4 is 11.9 Å². The van der Waals surface area contributed by atoms with Crippen molar-refractivity contribution in [2.24, 2.45) is 0 Å². The number of esters is 1. The largest absolute Gasteiger partial charge is 0.491 e. The van der Waals surface area contributed by atoms with Gasteiger partial charge in [-0.25, -0.2) is 13.6 Å². The molecular formula is C37H43F2N3O4. The van der Waals surface area contributed by atoms with Gasteiger partial charge in [-0.2, -0.15) is 0 Å². The number of halogens is 2. The summed E-state index contributed by atoms with van der Waals surface area (Å²) < 4.78 is 39.9. The number of benzene rings is 2. The third kappa shape index (κ3) is 6.66. The molecule has 7 nitrogen and oxygen atoms in total. The molecule has 2 fully saturated rings. The van der Waals surface area contributed by atoms with Gasteiger partial charge in [-0.15, -0.1) is 0 Å². The van der Waals surface area contributed by atoms with E-state index in [0.29, 0.717) is 54.2 Å². The lowest BCUT2D eigenvalue weighted by Crippen LogP contribution is -2.50. The summed E-state index contributed by atoms with van der Waals surface area (Å²) in [5.74, 6) is -0.603. The lowest BCUT2D eigenvalue weighted by atomic mass is 9.92. The Morgan fingerprint density at radius 3 is 2.41 bits per heavy atom. The molecule has 2 aromatic carbocycles. The highest BCUT2D eigenvalue weighted by Gasteiger charge is 2.35. The molecule has 0 unspecified atom stereocenters. The molecule has 244 valence electrons. The van der Waals surface area contributed by atoms with E-state index in [2.05, 4.69) is 11.0 Å². The van der Waals surface area contributed by atoms with Crippen molar-refractivity contribution in [3.05, 3.63) is 81.7 Å². The van der Waals surface area contributed by atoms with Crippen molar-refractivity contribution in [2.45, 2.75) is 90.3 Å². The standard InChI is InChI=1S/C37H43F2N3O4/c1-5-6-33-31(37(44)45-4)19-30-34(40-33)13-16-42(36(30)43)26-11-14-41(15-12-26)21-24-17-28(23-7-8-23)29(20-35(24)46-22(2)3)27-10-9-25(38)18-32(27)39/h9-10,17-20,22-23,26H,5-8,11-16,21H2,1-4H3. The lowest BCUT2D eigenvalue weighted by Gasteiger charge is -2.40. The smallest absolute Gasteiger partial charge is 0.339 e. The second kappa shape index (κ2) is 13.5. The van der Waals surface area contributed by atoms with Crippen LogP contribution in [0, 0.1) is 11.6 Å². The third-order valence-electron chi connectivity index (χ3n) is 9.38. The van der Waals surface area contributed by atoms with E-state index in [1.54, 1.807) is 6.07 Å². The van der Waals surface area contributed by atoms with Gasteiger partial charge in [0, 0.05) is 55.8 Å². The monoisotopic (exact) mass is 631 g/mol. The minimum absolute atomic E-state index is 0.0642. The number of piperidine rings is 1. The molecule has 0 bridgehead atoms. The van der Waals surface area contributed by atoms with E-state index < -0.39 is 17.6 Å². The predicted octanol–water partition coefficient (Wildman–Crippen LogP) is 7.09. The Morgan fingerprint density at radius 2 is 1.76 bits per heavy atom. The number of pyridine rings is 1. The first-order valence-corrected chi connectivity index (χ1v) is 16.6. The van der Waals surface area contributed by atoms with Crippen LogP contribution in [-0.2, 0) is 24.1 Å². The fourth-order valence-corrected chi connectivity index (χ4v) is 6.95. The number of rotatable bonds is 10. The van der Waals surface area contributed by atoms with Gasteiger partial charge in [-0.3, -0.25) is 14.7 Å². The zero-order valence-corrected chi connectivity index (χ0v) is 27.2. The van der Waals surface area contributed by atoms with Gasteiger partial charge in [0.25, 0.3) is 5.91 Å². The second-order valence-electron chi connectivity index (χ2n) is 13.1. The number of methoxy groups -OCH3 is 1. The Balaban J connectivity index is 1.19. The van der Waals surface area contributed by atoms with Gasteiger partial charge in [0.15, 0.2) is 0 Å². The minimum atomic E-state index is -0.591. The van der Waals surface area contributed by atoms with Crippen LogP contribution in [0.15, 0.2) is 36.4 Å². The maximum absolute atomic E-state index is 14.9. The summed E-state index contributed by atoms with van der Waals surface area (Å²) in [7, 11) is 1.35. The van der Waals surface area contributed by atoms with Crippen LogP contribution in [0.25, 0.3) is 11.1 Å². The van der Waals surface area contributed by atoms with Crippen molar-refractivity contribution in [3.8, 4) is 16.9 Å². The Labute approximate surface area is 269 Å². The van der Waals surface area contributed by atoms with E-state index in [4.69, 9.17) is 14.5 Å². The maximum atomic E-state index is 14.9. The zero-order valence-electron chi connectivity index (χ0n) is 27.2. The number of likely N-dealkylation sites (tertiary alicyclic amines) is 1. The molecule has 0 spiro atoms. The summed E-state index contributed by atoms with van der Waals surface area (Å²) in [6.45, 7) is 8.92. The van der Waals surface area contributed by atoms with Crippen LogP contribution in [0.4, 0.5) is 8.78 Å². The second-order valence-corrected chi connectivity index (χ2v) is 13.1. The molecule has 0 atom stereocenters. The summed E-state index contributed by atoms with van der Waals surface area (Å²) in [5.41, 5.74) is 5.67. The quantitative estimate of drug-likeness (QED) is 0.223. The van der Waals surface area contributed by atoms with Crippen LogP contribution in [-0.4, -0.2) is 65.6 Å². The van der Waals surface area contributed by atoms with Crippen molar-refractivity contribution in [3.63, 3.8) is 0 Å². The molecule has 1 aromatic heterocycles. The number of nitrogens with zero attached hydrogens (tertiary/aromatic N) is 3. The summed E-state index contributed by atoms with van der Waals surface area (Å²) in [5, 5.41) is 0. The van der Waals surface area contributed by atoms with Gasteiger partial charge < -0.3 is 14.4 Å². The van der Waals surface area contributed by atoms with E-state index in [-0.39, 0.29) is 18.1 Å². The number of amides is 1. The minimum Gasteiger partial charge on any atom is -0.491 e. The van der Waals surface area contributed by atoms with E-state index in [0.717, 1.165) is 79.4 Å². The van der Waals surface area contributed by atoms with Crippen LogP contribution < -0.4 is 4.74 Å². The number of carbonyl (C=O) groups is 2. The van der Waals surface area contributed by atoms with Crippen LogP contribution in [0.3, 0.4) is 0 Å². The van der Waals surface area contributed by atoms with Gasteiger partial charge >= 0.3 is 5.97 Å². The Morgan fingerprint density at radius 1 is 1.00 bits per heavy atom. The van der Waals surface area contributed by atoms with Crippen molar-refractivity contribution in [2.75, 3.05) is 26.7 Å². The molecule has 3 aromatic rings. The van der Waals surface area contributed by atoms with Crippen LogP contribution >= 0.6 is 0 Å². The molecule has 3 aliphatic rings. The number of aryl methyl sites for hydroxylation is 1. The molecule has 46 heavy (non-hydrogen) atoms. The van der Waals surface area contributed by atoms with Gasteiger partial charge in [-0.05, 0) is 93.3 Å². The van der Waals surface area contributed by atoms with Crippen molar-refractivity contribution in [1.29, 1.82) is 0 Å². The highest BCUT2D eigenvalue weighted by atomic mass is 19.1. The first-order valence-electron chi connectivity index (χ1n) is 16.6. The zero-order chi connectivity index (χ0) is 32.5. The molecular weight excluding hydrogens is 588 g/mol. The van der Waals surface area contributed by atoms with Crippen LogP contribution in [0.1, 0.15) is 102 Å². The number of hydrogen-bond acceptors (Lipinski definition) is 6. The van der Waals surface area contributed by atoms with Gasteiger partial charge in [0.1, 0.15) is 17.4 Å². The number of aromatic nitrogens is 1. The van der Waals surface area contributed by atoms with E-state index >= 15 is 0 Å². The fraction of sp³-hybridized carbons (Fsp3) is 0.486. The van der Waals surface area contributed by atoms with E-state index in [1.807, 2.05) is 31.7 Å². The molecule has 6 rings (SSSR count). The predicted molar refractivity (Wildman–Crippen MR) is 172 cm³/mol. The topological polar surface area (TPSA) is 72.0 Å². The van der Waals surface area contributed by atoms with Crippen molar-refractivity contribution < 1.29 is 27.8 Å². The molecule has 1 saturated heterocycles. The molecule has 1 amide bonds. The Bertz CT molecular complexity index is 1630. The van der Waals surface area contributed by atoms with E-state index in [1.165, 1.54) is 19.2 Å². The SMILES string of the molecule is CCCc1nc2c(cc1C(=O)OC)C(=O)N(C1CCN(Cc3cc(C4CC4)c(-c4ccc(F)cc4F)cc3OC(C)C)CC1)CC2. The number of hydrogen-bond donors (Lipinski definition) is 0. The maximum Gasteiger partial charge on any atom is 0.339 e. The summed E-state index contributed by atoms with van der Waals surface area (Å²) in [6.07, 6.45) is 5.87. The Hall–Kier alpha value is -3.85. The third-order valence-corrected chi connectivity index (χ3v) is 9.38. The average Bonchev–Trinajstić information content (AvgIpc) is 3.88. The fourth-order valence-electron chi connectivity index (χ4n) is 6.95. The van der Waals surface area contributed by atoms with Crippen LogP contribution in [0.2, 0.25) is 0 Å². The molecule has 0 N–H and O–H groups in total. The molecule has 3 heterocycles. The molecule has 0 radical (unpaired) electrons. The van der Waals surface area contributed by atoms with Gasteiger partial charge in [0.05, 0.1) is 35.7 Å². The summed E-state index contributed by atoms with van der Waals surface area (Å²) in [6, 6.07) is 9.68. The van der Waals surface area contributed by atoms with E-state index in [9.17, 15) is 18.4 Å². The summed E-state index contributed by atoms with van der Waals surface area (Å²) >= 11 is 0. The highest BCUT2D eigenvalue weighted by molar-refractivity contribution is 6.00. The summed E-state index contributed by atoms with van der Waals surface area (Å²) in [4.78, 5) is 35.3. The van der Waals surface area contributed by atoms with Crippen molar-refractivity contribution in [1.82, 2.24) is 14.8 Å². The molecule has 2 aliphatic heterocycles. The van der Waals surface area contributed by atoms with Gasteiger partial charge in [-0.1, -0.05) is 13.3 Å². The normalized spacial score (nSPS) is 17.4. The molecule has 1 saturated carbocycles. The first-order chi connectivity index (χ1) is 22.2. The average molecular weight is 632 g/mol. The highest BCUT2D eigenvalue weighted by Crippen LogP contribution is 2.47. The number of carbonyl (C=O) groups excluding carboxylic acids is 2. The lowest BCUT2D eigenvalue weighted by molar-refractivity contribution is 0.0542. The molecule has 1 aliphatic carbocycles. The first kappa shape index (κ1) is 32.1. The number of fused-ring (bicyclic) bond motifs is 1.